The van der Waals surface area contributed by atoms with E-state index >= 15 is 0 Å². The molecule has 0 saturated carbocycles. The molecule has 1 atom stereocenters. The van der Waals surface area contributed by atoms with E-state index < -0.39 is 6.61 Å². The van der Waals surface area contributed by atoms with E-state index in [9.17, 15) is 4.79 Å². The van der Waals surface area contributed by atoms with Crippen molar-refractivity contribution in [1.82, 2.24) is 10.2 Å². The van der Waals surface area contributed by atoms with Crippen LogP contribution in [0.2, 0.25) is 0 Å². The summed E-state index contributed by atoms with van der Waals surface area (Å²) in [5.41, 5.74) is 2.38. The van der Waals surface area contributed by atoms with Crippen molar-refractivity contribution in [3.8, 4) is 11.5 Å². The van der Waals surface area contributed by atoms with Crippen LogP contribution in [0, 0.1) is 0 Å². The number of hydrogen-bond donors (Lipinski definition) is 2. The minimum absolute atomic E-state index is 0.0881. The van der Waals surface area contributed by atoms with Crippen LogP contribution in [0.25, 0.3) is 0 Å². The molecule has 4 rings (SSSR count). The van der Waals surface area contributed by atoms with E-state index in [1.807, 2.05) is 24.3 Å². The van der Waals surface area contributed by atoms with Crippen LogP contribution >= 0.6 is 0 Å². The van der Waals surface area contributed by atoms with E-state index in [2.05, 4.69) is 34.5 Å². The third kappa shape index (κ3) is 4.46. The topological polar surface area (TPSA) is 71.0 Å². The number of aliphatic hydroxyl groups is 1. The largest absolute Gasteiger partial charge is 0.485 e. The second-order valence-corrected chi connectivity index (χ2v) is 7.38. The molecule has 1 fully saturated rings. The monoisotopic (exact) mass is 382 g/mol. The van der Waals surface area contributed by atoms with Gasteiger partial charge in [-0.25, -0.2) is 0 Å². The molecule has 0 spiro atoms. The Balaban J connectivity index is 1.29. The van der Waals surface area contributed by atoms with E-state index in [4.69, 9.17) is 14.6 Å². The molecule has 2 aromatic rings. The van der Waals surface area contributed by atoms with Gasteiger partial charge in [0.25, 0.3) is 0 Å². The number of rotatable bonds is 5. The van der Waals surface area contributed by atoms with Gasteiger partial charge in [0.2, 0.25) is 5.91 Å². The second kappa shape index (κ2) is 8.63. The first-order valence-corrected chi connectivity index (χ1v) is 9.81. The fraction of sp³-hybridized carbons (Fsp3) is 0.409. The molecule has 2 aliphatic rings. The number of amides is 1. The highest BCUT2D eigenvalue weighted by molar-refractivity contribution is 5.77. The average Bonchev–Trinajstić information content (AvgIpc) is 2.75. The summed E-state index contributed by atoms with van der Waals surface area (Å²) in [4.78, 5) is 13.7. The second-order valence-electron chi connectivity index (χ2n) is 7.38. The number of ether oxygens (including phenoxy) is 2. The van der Waals surface area contributed by atoms with Gasteiger partial charge < -0.3 is 19.9 Å². The summed E-state index contributed by atoms with van der Waals surface area (Å²) in [6, 6.07) is 16.5. The molecule has 2 aromatic carbocycles. The van der Waals surface area contributed by atoms with E-state index in [-0.39, 0.29) is 18.1 Å². The molecule has 0 radical (unpaired) electrons. The van der Waals surface area contributed by atoms with Crippen molar-refractivity contribution in [1.29, 1.82) is 0 Å². The molecule has 2 N–H and O–H groups in total. The number of benzene rings is 2. The molecule has 28 heavy (non-hydrogen) atoms. The number of nitrogens with zero attached hydrogens (tertiary/aromatic N) is 1. The van der Waals surface area contributed by atoms with Gasteiger partial charge in [-0.05, 0) is 36.1 Å². The highest BCUT2D eigenvalue weighted by Crippen LogP contribution is 2.35. The van der Waals surface area contributed by atoms with Crippen LogP contribution in [0.1, 0.15) is 30.1 Å². The number of nitrogens with one attached hydrogen (secondary N) is 1. The molecule has 0 bridgehead atoms. The summed E-state index contributed by atoms with van der Waals surface area (Å²) in [6.07, 6.45) is 1.74. The SMILES string of the molecule is O=C(CO)NC1CCN(Cc2ccc([C@H]3COc4ccccc4O3)cc2)CC1. The highest BCUT2D eigenvalue weighted by Gasteiger charge is 2.23. The van der Waals surface area contributed by atoms with Gasteiger partial charge in [0.05, 0.1) is 0 Å². The highest BCUT2D eigenvalue weighted by atomic mass is 16.6. The van der Waals surface area contributed by atoms with Crippen molar-refractivity contribution in [3.63, 3.8) is 0 Å². The lowest BCUT2D eigenvalue weighted by Crippen LogP contribution is -2.45. The van der Waals surface area contributed by atoms with Gasteiger partial charge in [0, 0.05) is 25.7 Å². The van der Waals surface area contributed by atoms with Crippen LogP contribution in [0.4, 0.5) is 0 Å². The van der Waals surface area contributed by atoms with Gasteiger partial charge in [0.1, 0.15) is 13.2 Å². The van der Waals surface area contributed by atoms with E-state index in [0.29, 0.717) is 6.61 Å². The van der Waals surface area contributed by atoms with Crippen LogP contribution in [0.15, 0.2) is 48.5 Å². The molecular formula is C22H26N2O4. The van der Waals surface area contributed by atoms with Crippen molar-refractivity contribution in [2.75, 3.05) is 26.3 Å². The summed E-state index contributed by atoms with van der Waals surface area (Å²) in [6.45, 7) is 2.85. The number of aliphatic hydroxyl groups excluding tert-OH is 1. The number of para-hydroxylation sites is 2. The van der Waals surface area contributed by atoms with Crippen LogP contribution in [0.3, 0.4) is 0 Å². The smallest absolute Gasteiger partial charge is 0.245 e. The quantitative estimate of drug-likeness (QED) is 0.830. The van der Waals surface area contributed by atoms with Gasteiger partial charge >= 0.3 is 0 Å². The Labute approximate surface area is 165 Å². The number of likely N-dealkylation sites (tertiary alicyclic amines) is 1. The maximum atomic E-state index is 11.3. The van der Waals surface area contributed by atoms with Crippen LogP contribution in [0.5, 0.6) is 11.5 Å². The Hall–Kier alpha value is -2.57. The first kappa shape index (κ1) is 18.8. The van der Waals surface area contributed by atoms with Crippen LogP contribution in [-0.4, -0.2) is 48.3 Å². The molecule has 6 nitrogen and oxygen atoms in total. The number of carbonyl (C=O) groups excluding carboxylic acids is 1. The first-order valence-electron chi connectivity index (χ1n) is 9.81. The zero-order valence-electron chi connectivity index (χ0n) is 15.8. The average molecular weight is 382 g/mol. The lowest BCUT2D eigenvalue weighted by atomic mass is 10.0. The minimum Gasteiger partial charge on any atom is -0.485 e. The molecule has 2 heterocycles. The fourth-order valence-electron chi connectivity index (χ4n) is 3.79. The zero-order chi connectivity index (χ0) is 19.3. The van der Waals surface area contributed by atoms with E-state index in [1.54, 1.807) is 0 Å². The Morgan fingerprint density at radius 3 is 2.50 bits per heavy atom. The number of piperidine rings is 1. The Morgan fingerprint density at radius 1 is 1.07 bits per heavy atom. The first-order chi connectivity index (χ1) is 13.7. The predicted molar refractivity (Wildman–Crippen MR) is 105 cm³/mol. The summed E-state index contributed by atoms with van der Waals surface area (Å²) in [5, 5.41) is 11.7. The van der Waals surface area contributed by atoms with Crippen molar-refractivity contribution in [2.24, 2.45) is 0 Å². The fourth-order valence-corrected chi connectivity index (χ4v) is 3.79. The standard InChI is InChI=1S/C22H26N2O4/c25-14-22(26)23-18-9-11-24(12-10-18)13-16-5-7-17(8-6-16)21-15-27-19-3-1-2-4-20(19)28-21/h1-8,18,21,25H,9-15H2,(H,23,26)/t21-/m1/s1. The Morgan fingerprint density at radius 2 is 1.79 bits per heavy atom. The van der Waals surface area contributed by atoms with Gasteiger partial charge in [-0.3, -0.25) is 9.69 Å². The lowest BCUT2D eigenvalue weighted by molar-refractivity contribution is -0.124. The number of hydrogen-bond acceptors (Lipinski definition) is 5. The summed E-state index contributed by atoms with van der Waals surface area (Å²) in [5.74, 6) is 1.30. The van der Waals surface area contributed by atoms with Crippen molar-refractivity contribution >= 4 is 5.91 Å². The summed E-state index contributed by atoms with van der Waals surface area (Å²) >= 11 is 0. The van der Waals surface area contributed by atoms with Crippen molar-refractivity contribution in [2.45, 2.75) is 31.5 Å². The molecule has 0 aromatic heterocycles. The maximum Gasteiger partial charge on any atom is 0.245 e. The predicted octanol–water partition coefficient (Wildman–Crippen LogP) is 2.27. The van der Waals surface area contributed by atoms with Gasteiger partial charge in [-0.1, -0.05) is 36.4 Å². The number of fused-ring (bicyclic) bond motifs is 1. The summed E-state index contributed by atoms with van der Waals surface area (Å²) < 4.78 is 11.9. The third-order valence-electron chi connectivity index (χ3n) is 5.36. The lowest BCUT2D eigenvalue weighted by Gasteiger charge is -2.32. The molecule has 0 aliphatic carbocycles. The van der Waals surface area contributed by atoms with Crippen molar-refractivity contribution < 1.29 is 19.4 Å². The molecule has 2 aliphatic heterocycles. The number of carbonyl (C=O) groups is 1. The molecule has 6 heteroatoms. The van der Waals surface area contributed by atoms with Gasteiger partial charge in [0.15, 0.2) is 17.6 Å². The van der Waals surface area contributed by atoms with E-state index in [0.717, 1.165) is 49.5 Å². The maximum absolute atomic E-state index is 11.3. The van der Waals surface area contributed by atoms with E-state index in [1.165, 1.54) is 5.56 Å². The van der Waals surface area contributed by atoms with Crippen LogP contribution in [-0.2, 0) is 11.3 Å². The molecule has 1 saturated heterocycles. The minimum atomic E-state index is -0.437. The summed E-state index contributed by atoms with van der Waals surface area (Å²) in [7, 11) is 0. The van der Waals surface area contributed by atoms with Gasteiger partial charge in [-0.2, -0.15) is 0 Å². The Bertz CT molecular complexity index is 800. The Kier molecular flexibility index (Phi) is 5.78. The third-order valence-corrected chi connectivity index (χ3v) is 5.36. The molecule has 0 unspecified atom stereocenters. The normalized spacial score (nSPS) is 20.0. The zero-order valence-corrected chi connectivity index (χ0v) is 15.8. The van der Waals surface area contributed by atoms with Crippen LogP contribution < -0.4 is 14.8 Å². The van der Waals surface area contributed by atoms with Crippen molar-refractivity contribution in [3.05, 3.63) is 59.7 Å². The molecule has 1 amide bonds. The van der Waals surface area contributed by atoms with Gasteiger partial charge in [-0.15, -0.1) is 0 Å². The molecular weight excluding hydrogens is 356 g/mol. The molecule has 148 valence electrons.